The number of hydrogen-bond acceptors (Lipinski definition) is 3. The Morgan fingerprint density at radius 3 is 1.91 bits per heavy atom. The van der Waals surface area contributed by atoms with Gasteiger partial charge in [0.1, 0.15) is 0 Å². The first kappa shape index (κ1) is 20.9. The van der Waals surface area contributed by atoms with E-state index >= 15 is 0 Å². The van der Waals surface area contributed by atoms with E-state index in [-0.39, 0.29) is 31.4 Å². The zero-order valence-corrected chi connectivity index (χ0v) is 14.1. The lowest BCUT2D eigenvalue weighted by molar-refractivity contribution is 0.292. The summed E-state index contributed by atoms with van der Waals surface area (Å²) < 4.78 is 0. The number of aliphatic hydroxyl groups is 1. The molecule has 0 unspecified atom stereocenters. The first-order valence-corrected chi connectivity index (χ1v) is 7.07. The van der Waals surface area contributed by atoms with E-state index in [1.807, 2.05) is 6.07 Å². The van der Waals surface area contributed by atoms with Gasteiger partial charge in [0.15, 0.2) is 0 Å². The Bertz CT molecular complexity index is 492. The molecule has 2 aromatic carbocycles. The first-order valence-electron chi connectivity index (χ1n) is 7.07. The molecule has 5 heteroatoms. The largest absolute Gasteiger partial charge is 0.395 e. The van der Waals surface area contributed by atoms with Crippen LogP contribution in [-0.2, 0) is 6.54 Å². The quantitative estimate of drug-likeness (QED) is 0.646. The second-order valence-electron chi connectivity index (χ2n) is 4.71. The third-order valence-electron chi connectivity index (χ3n) is 3.16. The van der Waals surface area contributed by atoms with Crippen LogP contribution in [0.5, 0.6) is 0 Å². The van der Waals surface area contributed by atoms with Gasteiger partial charge in [-0.05, 0) is 16.7 Å². The maximum absolute atomic E-state index is 8.64. The molecule has 0 heterocycles. The molecule has 22 heavy (non-hydrogen) atoms. The lowest BCUT2D eigenvalue weighted by Gasteiger charge is -2.07. The van der Waals surface area contributed by atoms with Crippen molar-refractivity contribution in [2.24, 2.45) is 0 Å². The third kappa shape index (κ3) is 7.25. The Kier molecular flexibility index (Phi) is 11.8. The Balaban J connectivity index is 0.00000220. The van der Waals surface area contributed by atoms with E-state index in [0.29, 0.717) is 6.54 Å². The summed E-state index contributed by atoms with van der Waals surface area (Å²) in [6.45, 7) is 3.51. The van der Waals surface area contributed by atoms with Crippen molar-refractivity contribution in [1.29, 1.82) is 0 Å². The summed E-state index contributed by atoms with van der Waals surface area (Å²) in [5, 5.41) is 15.2. The van der Waals surface area contributed by atoms with Crippen molar-refractivity contribution in [3.8, 4) is 11.1 Å². The lowest BCUT2D eigenvalue weighted by Crippen LogP contribution is -2.28. The van der Waals surface area contributed by atoms with E-state index < -0.39 is 0 Å². The number of nitrogens with one attached hydrogen (secondary N) is 2. The van der Waals surface area contributed by atoms with Crippen LogP contribution in [0, 0.1) is 0 Å². The summed E-state index contributed by atoms with van der Waals surface area (Å²) in [6, 6.07) is 19.1. The molecular weight excluding hydrogens is 319 g/mol. The van der Waals surface area contributed by atoms with E-state index in [9.17, 15) is 0 Å². The molecule has 2 rings (SSSR count). The highest BCUT2D eigenvalue weighted by atomic mass is 35.5. The molecule has 122 valence electrons. The van der Waals surface area contributed by atoms with Crippen molar-refractivity contribution in [2.45, 2.75) is 6.54 Å². The van der Waals surface area contributed by atoms with E-state index in [4.69, 9.17) is 5.11 Å². The summed E-state index contributed by atoms with van der Waals surface area (Å²) in [5.74, 6) is 0. The van der Waals surface area contributed by atoms with E-state index in [2.05, 4.69) is 59.2 Å². The van der Waals surface area contributed by atoms with Crippen molar-refractivity contribution in [3.05, 3.63) is 60.2 Å². The molecule has 2 aromatic rings. The monoisotopic (exact) mass is 342 g/mol. The van der Waals surface area contributed by atoms with E-state index in [0.717, 1.165) is 19.6 Å². The highest BCUT2D eigenvalue weighted by molar-refractivity contribution is 5.85. The molecule has 0 aliphatic rings. The average molecular weight is 343 g/mol. The fourth-order valence-electron chi connectivity index (χ4n) is 2.06. The van der Waals surface area contributed by atoms with Gasteiger partial charge in [0.2, 0.25) is 0 Å². The molecule has 0 saturated carbocycles. The van der Waals surface area contributed by atoms with Gasteiger partial charge in [-0.2, -0.15) is 0 Å². The molecule has 0 radical (unpaired) electrons. The third-order valence-corrected chi connectivity index (χ3v) is 3.16. The van der Waals surface area contributed by atoms with Crippen LogP contribution in [0.25, 0.3) is 11.1 Å². The highest BCUT2D eigenvalue weighted by Crippen LogP contribution is 2.18. The van der Waals surface area contributed by atoms with Gasteiger partial charge in [0.05, 0.1) is 6.61 Å². The fourth-order valence-corrected chi connectivity index (χ4v) is 2.06. The van der Waals surface area contributed by atoms with Gasteiger partial charge in [-0.15, -0.1) is 24.8 Å². The number of halogens is 2. The van der Waals surface area contributed by atoms with Gasteiger partial charge in [-0.1, -0.05) is 54.6 Å². The second kappa shape index (κ2) is 12.4. The molecule has 0 spiro atoms. The molecule has 0 bridgehead atoms. The summed E-state index contributed by atoms with van der Waals surface area (Å²) in [5.41, 5.74) is 3.78. The minimum atomic E-state index is 0. The van der Waals surface area contributed by atoms with Gasteiger partial charge in [0.25, 0.3) is 0 Å². The molecule has 0 aliphatic heterocycles. The molecule has 3 N–H and O–H groups in total. The second-order valence-corrected chi connectivity index (χ2v) is 4.71. The van der Waals surface area contributed by atoms with Crippen LogP contribution >= 0.6 is 24.8 Å². The van der Waals surface area contributed by atoms with Gasteiger partial charge < -0.3 is 15.7 Å². The molecule has 0 aromatic heterocycles. The molecule has 0 atom stereocenters. The first-order chi connectivity index (χ1) is 9.90. The maximum Gasteiger partial charge on any atom is 0.0555 e. The Hall–Kier alpha value is -1.10. The van der Waals surface area contributed by atoms with Crippen LogP contribution in [0.1, 0.15) is 5.56 Å². The van der Waals surface area contributed by atoms with Crippen LogP contribution in [0.2, 0.25) is 0 Å². The van der Waals surface area contributed by atoms with Gasteiger partial charge in [-0.25, -0.2) is 0 Å². The fraction of sp³-hybridized carbons (Fsp3) is 0.294. The number of hydrogen-bond donors (Lipinski definition) is 3. The maximum atomic E-state index is 8.64. The van der Waals surface area contributed by atoms with Crippen molar-refractivity contribution in [3.63, 3.8) is 0 Å². The van der Waals surface area contributed by atoms with Crippen molar-refractivity contribution in [2.75, 3.05) is 26.2 Å². The van der Waals surface area contributed by atoms with Crippen LogP contribution in [0.3, 0.4) is 0 Å². The van der Waals surface area contributed by atoms with Crippen molar-refractivity contribution in [1.82, 2.24) is 10.6 Å². The predicted molar refractivity (Wildman–Crippen MR) is 98.0 cm³/mol. The lowest BCUT2D eigenvalue weighted by atomic mass is 10.0. The topological polar surface area (TPSA) is 44.3 Å². The molecule has 0 amide bonds. The molecule has 0 saturated heterocycles. The van der Waals surface area contributed by atoms with E-state index in [1.54, 1.807) is 0 Å². The minimum absolute atomic E-state index is 0. The average Bonchev–Trinajstić information content (AvgIpc) is 2.52. The summed E-state index contributed by atoms with van der Waals surface area (Å²) in [6.07, 6.45) is 0. The zero-order valence-electron chi connectivity index (χ0n) is 12.5. The van der Waals surface area contributed by atoms with Gasteiger partial charge >= 0.3 is 0 Å². The summed E-state index contributed by atoms with van der Waals surface area (Å²) in [7, 11) is 0. The summed E-state index contributed by atoms with van der Waals surface area (Å²) >= 11 is 0. The summed E-state index contributed by atoms with van der Waals surface area (Å²) in [4.78, 5) is 0. The smallest absolute Gasteiger partial charge is 0.0555 e. The zero-order chi connectivity index (χ0) is 14.0. The standard InChI is InChI=1S/C17H22N2O.2ClH/c20-13-12-18-10-11-19-14-15-6-8-17(9-7-15)16-4-2-1-3-5-16;;/h1-9,18-20H,10-14H2;2*1H. The van der Waals surface area contributed by atoms with Crippen LogP contribution in [0.15, 0.2) is 54.6 Å². The Labute approximate surface area is 145 Å². The molecule has 0 aliphatic carbocycles. The highest BCUT2D eigenvalue weighted by Gasteiger charge is 1.97. The molecule has 3 nitrogen and oxygen atoms in total. The number of rotatable bonds is 8. The SMILES string of the molecule is Cl.Cl.OCCNCCNCc1ccc(-c2ccccc2)cc1. The van der Waals surface area contributed by atoms with Gasteiger partial charge in [-0.3, -0.25) is 0 Å². The number of aliphatic hydroxyl groups excluding tert-OH is 1. The van der Waals surface area contributed by atoms with Crippen LogP contribution in [-0.4, -0.2) is 31.3 Å². The van der Waals surface area contributed by atoms with Gasteiger partial charge in [0, 0.05) is 26.2 Å². The molecule has 0 fully saturated rings. The van der Waals surface area contributed by atoms with E-state index in [1.165, 1.54) is 16.7 Å². The normalized spacial score (nSPS) is 9.68. The van der Waals surface area contributed by atoms with Crippen molar-refractivity contribution >= 4 is 24.8 Å². The molecular formula is C17H24Cl2N2O. The number of benzene rings is 2. The van der Waals surface area contributed by atoms with Crippen LogP contribution in [0.4, 0.5) is 0 Å². The van der Waals surface area contributed by atoms with Crippen LogP contribution < -0.4 is 10.6 Å². The van der Waals surface area contributed by atoms with Crippen molar-refractivity contribution < 1.29 is 5.11 Å². The minimum Gasteiger partial charge on any atom is -0.395 e. The Morgan fingerprint density at radius 2 is 1.27 bits per heavy atom. The Morgan fingerprint density at radius 1 is 0.682 bits per heavy atom. The predicted octanol–water partition coefficient (Wildman–Crippen LogP) is 2.87.